The molecule has 0 amide bonds. The summed E-state index contributed by atoms with van der Waals surface area (Å²) >= 11 is 0. The number of hydrogen-bond donors (Lipinski definition) is 1. The van der Waals surface area contributed by atoms with Crippen LogP contribution in [0.2, 0.25) is 0 Å². The van der Waals surface area contributed by atoms with Crippen LogP contribution in [0.1, 0.15) is 50.7 Å². The minimum atomic E-state index is -0.406. The Morgan fingerprint density at radius 2 is 2.32 bits per heavy atom. The van der Waals surface area contributed by atoms with E-state index in [1.54, 1.807) is 23.1 Å². The van der Waals surface area contributed by atoms with E-state index in [9.17, 15) is 5.11 Å². The quantitative estimate of drug-likeness (QED) is 0.922. The van der Waals surface area contributed by atoms with Gasteiger partial charge in [0.15, 0.2) is 0 Å². The molecule has 0 saturated heterocycles. The van der Waals surface area contributed by atoms with Gasteiger partial charge in [0, 0.05) is 18.0 Å². The van der Waals surface area contributed by atoms with E-state index >= 15 is 0 Å². The summed E-state index contributed by atoms with van der Waals surface area (Å²) in [6.07, 6.45) is 12.7. The highest BCUT2D eigenvalue weighted by Gasteiger charge is 2.29. The van der Waals surface area contributed by atoms with Crippen LogP contribution in [0.5, 0.6) is 0 Å². The van der Waals surface area contributed by atoms with Crippen molar-refractivity contribution in [2.75, 3.05) is 0 Å². The molecule has 1 fully saturated rings. The van der Waals surface area contributed by atoms with Gasteiger partial charge in [-0.25, -0.2) is 4.52 Å². The van der Waals surface area contributed by atoms with Gasteiger partial charge in [0.05, 0.1) is 24.0 Å². The van der Waals surface area contributed by atoms with Crippen molar-refractivity contribution in [1.82, 2.24) is 14.6 Å². The van der Waals surface area contributed by atoms with Gasteiger partial charge in [0.25, 0.3) is 0 Å². The van der Waals surface area contributed by atoms with Crippen LogP contribution in [0.4, 0.5) is 0 Å². The smallest absolute Gasteiger partial charge is 0.0903 e. The van der Waals surface area contributed by atoms with Crippen molar-refractivity contribution < 1.29 is 5.11 Å². The Morgan fingerprint density at radius 3 is 3.16 bits per heavy atom. The van der Waals surface area contributed by atoms with E-state index < -0.39 is 6.10 Å². The Bertz CT molecular complexity index is 551. The summed E-state index contributed by atoms with van der Waals surface area (Å²) in [6.45, 7) is 2.25. The molecule has 2 heterocycles. The Balaban J connectivity index is 1.85. The number of fused-ring (bicyclic) bond motifs is 1. The average Bonchev–Trinajstić information content (AvgIpc) is 2.90. The number of aliphatic hydroxyl groups is 1. The fourth-order valence-corrected chi connectivity index (χ4v) is 3.32. The molecule has 3 rings (SSSR count). The monoisotopic (exact) mass is 259 g/mol. The molecule has 4 heteroatoms. The topological polar surface area (TPSA) is 50.4 Å². The van der Waals surface area contributed by atoms with Gasteiger partial charge in [-0.15, -0.1) is 0 Å². The maximum atomic E-state index is 10.7. The first-order valence-electron chi connectivity index (χ1n) is 7.25. The van der Waals surface area contributed by atoms with Crippen LogP contribution in [0.15, 0.2) is 24.8 Å². The standard InChI is InChI=1S/C15H21N3O/c1-2-11-4-3-5-12(8-11)15(19)13-9-17-18-7-6-16-10-14(13)18/h6-7,9-12,15,19H,2-5,8H2,1H3. The minimum absolute atomic E-state index is 0.368. The van der Waals surface area contributed by atoms with Crippen molar-refractivity contribution in [2.45, 2.75) is 45.1 Å². The third kappa shape index (κ3) is 2.37. The molecule has 0 spiro atoms. The van der Waals surface area contributed by atoms with Crippen molar-refractivity contribution >= 4 is 5.52 Å². The van der Waals surface area contributed by atoms with E-state index in [-0.39, 0.29) is 0 Å². The van der Waals surface area contributed by atoms with Crippen molar-refractivity contribution in [3.8, 4) is 0 Å². The highest BCUT2D eigenvalue weighted by molar-refractivity contribution is 5.52. The van der Waals surface area contributed by atoms with Crippen LogP contribution < -0.4 is 0 Å². The second-order valence-corrected chi connectivity index (χ2v) is 5.65. The summed E-state index contributed by atoms with van der Waals surface area (Å²) in [4.78, 5) is 4.13. The molecule has 1 N–H and O–H groups in total. The predicted molar refractivity (Wildman–Crippen MR) is 73.7 cm³/mol. The van der Waals surface area contributed by atoms with Crippen LogP contribution in [-0.2, 0) is 0 Å². The summed E-state index contributed by atoms with van der Waals surface area (Å²) in [5, 5.41) is 15.0. The number of aliphatic hydroxyl groups excluding tert-OH is 1. The Kier molecular flexibility index (Phi) is 3.51. The zero-order valence-corrected chi connectivity index (χ0v) is 11.4. The lowest BCUT2D eigenvalue weighted by Crippen LogP contribution is -2.21. The molecule has 0 bridgehead atoms. The van der Waals surface area contributed by atoms with E-state index in [2.05, 4.69) is 17.0 Å². The summed E-state index contributed by atoms with van der Waals surface area (Å²) in [6, 6.07) is 0. The first kappa shape index (κ1) is 12.6. The maximum Gasteiger partial charge on any atom is 0.0903 e. The molecule has 19 heavy (non-hydrogen) atoms. The van der Waals surface area contributed by atoms with Gasteiger partial charge in [0.1, 0.15) is 0 Å². The summed E-state index contributed by atoms with van der Waals surface area (Å²) in [5.41, 5.74) is 1.85. The van der Waals surface area contributed by atoms with Gasteiger partial charge < -0.3 is 5.11 Å². The van der Waals surface area contributed by atoms with Crippen molar-refractivity contribution in [2.24, 2.45) is 11.8 Å². The van der Waals surface area contributed by atoms with Crippen molar-refractivity contribution in [1.29, 1.82) is 0 Å². The van der Waals surface area contributed by atoms with Crippen molar-refractivity contribution in [3.05, 3.63) is 30.4 Å². The lowest BCUT2D eigenvalue weighted by atomic mass is 9.76. The number of rotatable bonds is 3. The summed E-state index contributed by atoms with van der Waals surface area (Å²) < 4.78 is 1.78. The van der Waals surface area contributed by atoms with Crippen LogP contribution in [-0.4, -0.2) is 19.7 Å². The molecule has 1 saturated carbocycles. The van der Waals surface area contributed by atoms with E-state index in [1.807, 2.05) is 6.20 Å². The molecule has 2 aromatic rings. The molecule has 1 aliphatic rings. The van der Waals surface area contributed by atoms with E-state index in [4.69, 9.17) is 0 Å². The van der Waals surface area contributed by atoms with Crippen LogP contribution in [0, 0.1) is 11.8 Å². The average molecular weight is 259 g/mol. The maximum absolute atomic E-state index is 10.7. The molecule has 0 radical (unpaired) electrons. The minimum Gasteiger partial charge on any atom is -0.388 e. The van der Waals surface area contributed by atoms with Gasteiger partial charge in [-0.1, -0.05) is 26.2 Å². The number of aromatic nitrogens is 3. The highest BCUT2D eigenvalue weighted by atomic mass is 16.3. The molecule has 3 atom stereocenters. The highest BCUT2D eigenvalue weighted by Crippen LogP contribution is 2.39. The van der Waals surface area contributed by atoms with Crippen LogP contribution in [0.3, 0.4) is 0 Å². The fraction of sp³-hybridized carbons (Fsp3) is 0.600. The van der Waals surface area contributed by atoms with Gasteiger partial charge in [0.2, 0.25) is 0 Å². The van der Waals surface area contributed by atoms with Crippen LogP contribution >= 0.6 is 0 Å². The van der Waals surface area contributed by atoms with Crippen LogP contribution in [0.25, 0.3) is 5.52 Å². The normalized spacial score (nSPS) is 25.6. The molecule has 4 nitrogen and oxygen atoms in total. The predicted octanol–water partition coefficient (Wildman–Crippen LogP) is 2.98. The molecule has 0 aromatic carbocycles. The Morgan fingerprint density at radius 1 is 1.42 bits per heavy atom. The largest absolute Gasteiger partial charge is 0.388 e. The molecule has 0 aliphatic heterocycles. The lowest BCUT2D eigenvalue weighted by Gasteiger charge is -2.31. The fourth-order valence-electron chi connectivity index (χ4n) is 3.32. The molecule has 102 valence electrons. The van der Waals surface area contributed by atoms with Crippen molar-refractivity contribution in [3.63, 3.8) is 0 Å². The summed E-state index contributed by atoms with van der Waals surface area (Å²) in [7, 11) is 0. The second-order valence-electron chi connectivity index (χ2n) is 5.65. The van der Waals surface area contributed by atoms with Gasteiger partial charge in [-0.2, -0.15) is 5.10 Å². The first-order chi connectivity index (χ1) is 9.29. The van der Waals surface area contributed by atoms with Gasteiger partial charge in [-0.05, 0) is 24.7 Å². The lowest BCUT2D eigenvalue weighted by molar-refractivity contribution is 0.0688. The number of hydrogen-bond acceptors (Lipinski definition) is 3. The van der Waals surface area contributed by atoms with Gasteiger partial charge >= 0.3 is 0 Å². The van der Waals surface area contributed by atoms with Gasteiger partial charge in [-0.3, -0.25) is 4.98 Å². The zero-order chi connectivity index (χ0) is 13.2. The van der Waals surface area contributed by atoms with E-state index in [0.717, 1.165) is 29.8 Å². The molecule has 3 unspecified atom stereocenters. The van der Waals surface area contributed by atoms with E-state index in [1.165, 1.54) is 19.3 Å². The zero-order valence-electron chi connectivity index (χ0n) is 11.4. The Hall–Kier alpha value is -1.42. The Labute approximate surface area is 113 Å². The number of nitrogens with zero attached hydrogens (tertiary/aromatic N) is 3. The van der Waals surface area contributed by atoms with E-state index in [0.29, 0.717) is 5.92 Å². The molecule has 1 aliphatic carbocycles. The SMILES string of the molecule is CCC1CCCC(C(O)c2cnn3ccncc23)C1. The molecule has 2 aromatic heterocycles. The third-order valence-electron chi connectivity index (χ3n) is 4.52. The molecular formula is C15H21N3O. The summed E-state index contributed by atoms with van der Waals surface area (Å²) in [5.74, 6) is 1.14. The second kappa shape index (κ2) is 5.29. The third-order valence-corrected chi connectivity index (χ3v) is 4.52. The first-order valence-corrected chi connectivity index (χ1v) is 7.25. The molecular weight excluding hydrogens is 238 g/mol.